The van der Waals surface area contributed by atoms with Gasteiger partial charge in [-0.1, -0.05) is 44.6 Å². The summed E-state index contributed by atoms with van der Waals surface area (Å²) in [6.07, 6.45) is 3.72. The summed E-state index contributed by atoms with van der Waals surface area (Å²) in [5.74, 6) is -2.57. The van der Waals surface area contributed by atoms with Crippen molar-refractivity contribution in [1.82, 2.24) is 0 Å². The van der Waals surface area contributed by atoms with Gasteiger partial charge in [-0.15, -0.1) is 0 Å². The number of nitrogens with two attached hydrogens (primary N) is 1. The number of fused-ring (bicyclic) bond motifs is 4. The highest BCUT2D eigenvalue weighted by Crippen LogP contribution is 2.38. The Morgan fingerprint density at radius 2 is 1.92 bits per heavy atom. The fourth-order valence-corrected chi connectivity index (χ4v) is 5.61. The van der Waals surface area contributed by atoms with Gasteiger partial charge in [-0.2, -0.15) is 0 Å². The van der Waals surface area contributed by atoms with Gasteiger partial charge in [0.2, 0.25) is 0 Å². The van der Waals surface area contributed by atoms with Gasteiger partial charge >= 0.3 is 18.2 Å². The maximum atomic E-state index is 13.2. The van der Waals surface area contributed by atoms with Crippen LogP contribution in [-0.4, -0.2) is 59.6 Å². The van der Waals surface area contributed by atoms with Crippen LogP contribution >= 0.6 is 0 Å². The van der Waals surface area contributed by atoms with Crippen molar-refractivity contribution >= 4 is 18.2 Å². The maximum absolute atomic E-state index is 13.2. The van der Waals surface area contributed by atoms with Gasteiger partial charge in [-0.25, -0.2) is 9.59 Å². The second-order valence-electron chi connectivity index (χ2n) is 11.2. The molecule has 2 unspecified atom stereocenters. The molecule has 3 aliphatic rings. The Kier molecular flexibility index (Phi) is 10.2. The van der Waals surface area contributed by atoms with Gasteiger partial charge in [-0.3, -0.25) is 4.79 Å². The summed E-state index contributed by atoms with van der Waals surface area (Å²) < 4.78 is 28.1. The molecule has 3 heterocycles. The van der Waals surface area contributed by atoms with E-state index in [0.29, 0.717) is 25.2 Å². The Morgan fingerprint density at radius 1 is 1.21 bits per heavy atom. The van der Waals surface area contributed by atoms with Gasteiger partial charge in [-0.05, 0) is 38.5 Å². The number of ether oxygens (including phenoxy) is 5. The van der Waals surface area contributed by atoms with Crippen LogP contribution in [0.3, 0.4) is 0 Å². The molecular formula is C28H43NO9. The van der Waals surface area contributed by atoms with Crippen molar-refractivity contribution < 1.29 is 43.2 Å². The van der Waals surface area contributed by atoms with E-state index in [1.165, 1.54) is 0 Å². The number of amides is 1. The van der Waals surface area contributed by atoms with Crippen LogP contribution in [0.1, 0.15) is 79.6 Å². The lowest BCUT2D eigenvalue weighted by atomic mass is 9.85. The largest absolute Gasteiger partial charge is 0.508 e. The molecular weight excluding hydrogens is 494 g/mol. The molecule has 9 atom stereocenters. The number of carbonyl (C=O) groups is 3. The van der Waals surface area contributed by atoms with Crippen LogP contribution in [0.15, 0.2) is 23.8 Å². The molecule has 0 aliphatic carbocycles. The Balaban J connectivity index is 1.89. The molecule has 0 aromatic rings. The molecule has 2 fully saturated rings. The van der Waals surface area contributed by atoms with E-state index in [1.807, 2.05) is 33.8 Å². The molecule has 2 saturated heterocycles. The van der Waals surface area contributed by atoms with E-state index < -0.39 is 60.9 Å². The standard InChI is InChI=1S/C28H43NO9/c1-6-7-16(2)8-9-18(4)22-13-21-12-20(34-27(32)35-21)10-17(3)11-23-19(5)24(37-26(29)31)14-28(33,38-23)15-25(30)36-22/h6-7,11,16,18-24,33H,8-10,12-15H2,1-5H3,(H2,29,31)/b7-6+,17-11-/t16?,18?,19-,20-,21-,22-,23+,24+,28+/m1/s1. The predicted octanol–water partition coefficient (Wildman–Crippen LogP) is 4.53. The van der Waals surface area contributed by atoms with Gasteiger partial charge in [0.05, 0.1) is 12.5 Å². The van der Waals surface area contributed by atoms with E-state index in [2.05, 4.69) is 13.0 Å². The fourth-order valence-electron chi connectivity index (χ4n) is 5.61. The zero-order chi connectivity index (χ0) is 28.0. The molecule has 3 rings (SSSR count). The monoisotopic (exact) mass is 537 g/mol. The van der Waals surface area contributed by atoms with Crippen molar-refractivity contribution in [3.05, 3.63) is 23.8 Å². The molecule has 0 saturated carbocycles. The first-order valence-electron chi connectivity index (χ1n) is 13.6. The summed E-state index contributed by atoms with van der Waals surface area (Å²) in [6, 6.07) is 0. The summed E-state index contributed by atoms with van der Waals surface area (Å²) in [5, 5.41) is 11.3. The van der Waals surface area contributed by atoms with Crippen LogP contribution in [0.2, 0.25) is 0 Å². The van der Waals surface area contributed by atoms with Gasteiger partial charge in [0.15, 0.2) is 5.79 Å². The SMILES string of the molecule is C/C=C/C(C)CCC(C)[C@H]1C[C@H]2C[C@@H](C/C(C)=C\[C@@H]3O[C@](O)(CC(=O)O1)C[C@H](OC(N)=O)[C@@H]3C)OC(=O)O2. The lowest BCUT2D eigenvalue weighted by Gasteiger charge is -2.43. The lowest BCUT2D eigenvalue weighted by Crippen LogP contribution is -2.53. The molecule has 38 heavy (non-hydrogen) atoms. The lowest BCUT2D eigenvalue weighted by molar-refractivity contribution is -0.279. The Morgan fingerprint density at radius 3 is 2.61 bits per heavy atom. The third-order valence-corrected chi connectivity index (χ3v) is 7.73. The Bertz CT molecular complexity index is 918. The Labute approximate surface area is 224 Å². The molecule has 10 heteroatoms. The molecule has 214 valence electrons. The summed E-state index contributed by atoms with van der Waals surface area (Å²) in [6.45, 7) is 9.82. The number of carbonyl (C=O) groups excluding carboxylic acids is 3. The average Bonchev–Trinajstić information content (AvgIpc) is 2.78. The highest BCUT2D eigenvalue weighted by molar-refractivity contribution is 5.71. The van der Waals surface area contributed by atoms with Crippen molar-refractivity contribution in [2.45, 2.75) is 116 Å². The predicted molar refractivity (Wildman–Crippen MR) is 138 cm³/mol. The van der Waals surface area contributed by atoms with Crippen molar-refractivity contribution in [2.75, 3.05) is 0 Å². The van der Waals surface area contributed by atoms with E-state index in [0.717, 1.165) is 18.4 Å². The van der Waals surface area contributed by atoms with Gasteiger partial charge in [0.1, 0.15) is 24.4 Å². The van der Waals surface area contributed by atoms with E-state index in [4.69, 9.17) is 29.4 Å². The average molecular weight is 538 g/mol. The van der Waals surface area contributed by atoms with Crippen LogP contribution in [0.4, 0.5) is 9.59 Å². The molecule has 4 bridgehead atoms. The highest BCUT2D eigenvalue weighted by atomic mass is 16.7. The Hall–Kier alpha value is -2.59. The summed E-state index contributed by atoms with van der Waals surface area (Å²) in [4.78, 5) is 37.0. The zero-order valence-electron chi connectivity index (χ0n) is 23.1. The van der Waals surface area contributed by atoms with E-state index in [-0.39, 0.29) is 18.3 Å². The number of primary amides is 1. The van der Waals surface area contributed by atoms with Crippen molar-refractivity contribution in [3.63, 3.8) is 0 Å². The molecule has 0 radical (unpaired) electrons. The van der Waals surface area contributed by atoms with Crippen molar-refractivity contribution in [3.8, 4) is 0 Å². The first kappa shape index (κ1) is 30.0. The minimum Gasteiger partial charge on any atom is -0.462 e. The van der Waals surface area contributed by atoms with Crippen LogP contribution in [-0.2, 0) is 28.5 Å². The van der Waals surface area contributed by atoms with Crippen molar-refractivity contribution in [1.29, 1.82) is 0 Å². The zero-order valence-corrected chi connectivity index (χ0v) is 23.1. The molecule has 3 N–H and O–H groups in total. The van der Waals surface area contributed by atoms with E-state index in [9.17, 15) is 19.5 Å². The van der Waals surface area contributed by atoms with Crippen molar-refractivity contribution in [2.24, 2.45) is 23.5 Å². The van der Waals surface area contributed by atoms with E-state index in [1.54, 1.807) is 6.08 Å². The second kappa shape index (κ2) is 13.0. The van der Waals surface area contributed by atoms with Gasteiger partial charge in [0.25, 0.3) is 0 Å². The van der Waals surface area contributed by atoms with Crippen LogP contribution < -0.4 is 5.73 Å². The first-order chi connectivity index (χ1) is 17.9. The second-order valence-corrected chi connectivity index (χ2v) is 11.2. The minimum atomic E-state index is -1.91. The number of esters is 1. The van der Waals surface area contributed by atoms with Gasteiger partial charge in [0, 0.05) is 31.6 Å². The number of rotatable bonds is 6. The molecule has 0 aromatic carbocycles. The van der Waals surface area contributed by atoms with E-state index >= 15 is 0 Å². The molecule has 10 nitrogen and oxygen atoms in total. The highest BCUT2D eigenvalue weighted by Gasteiger charge is 2.47. The van der Waals surface area contributed by atoms with Crippen LogP contribution in [0, 0.1) is 17.8 Å². The number of hydrogen-bond acceptors (Lipinski definition) is 9. The molecule has 3 aliphatic heterocycles. The molecule has 0 aromatic heterocycles. The number of aliphatic hydroxyl groups is 1. The number of allylic oxidation sites excluding steroid dienone is 2. The molecule has 0 spiro atoms. The number of hydrogen-bond donors (Lipinski definition) is 2. The van der Waals surface area contributed by atoms with Crippen LogP contribution in [0.25, 0.3) is 0 Å². The topological polar surface area (TPSA) is 144 Å². The maximum Gasteiger partial charge on any atom is 0.508 e. The number of cyclic esters (lactones) is 1. The summed E-state index contributed by atoms with van der Waals surface area (Å²) in [5.41, 5.74) is 6.14. The summed E-state index contributed by atoms with van der Waals surface area (Å²) in [7, 11) is 0. The first-order valence-corrected chi connectivity index (χ1v) is 13.6. The normalized spacial score (nSPS) is 37.5. The quantitative estimate of drug-likeness (QED) is 0.284. The minimum absolute atomic E-state index is 0.0261. The molecule has 1 amide bonds. The third kappa shape index (κ3) is 8.46. The van der Waals surface area contributed by atoms with Gasteiger partial charge < -0.3 is 34.5 Å². The fraction of sp³-hybridized carbons (Fsp3) is 0.750. The van der Waals surface area contributed by atoms with Crippen LogP contribution in [0.5, 0.6) is 0 Å². The smallest absolute Gasteiger partial charge is 0.462 e. The third-order valence-electron chi connectivity index (χ3n) is 7.73. The summed E-state index contributed by atoms with van der Waals surface area (Å²) >= 11 is 0.